The number of aliphatic carboxylic acids is 3. The number of rotatable bonds is 10. The number of fused-ring (bicyclic) bond motifs is 8. The van der Waals surface area contributed by atoms with Gasteiger partial charge < -0.3 is 30.6 Å². The van der Waals surface area contributed by atoms with Crippen LogP contribution >= 0.6 is 0 Å². The van der Waals surface area contributed by atoms with Crippen LogP contribution in [0.25, 0.3) is 39.3 Å². The Morgan fingerprint density at radius 2 is 1.63 bits per heavy atom. The van der Waals surface area contributed by atoms with Crippen molar-refractivity contribution in [1.29, 1.82) is 0 Å². The van der Waals surface area contributed by atoms with Gasteiger partial charge in [0.15, 0.2) is 0 Å². The molecule has 0 fully saturated rings. The minimum atomic E-state index is -1.25. The molecule has 0 radical (unpaired) electrons. The smallest absolute Gasteiger partial charge is 0.338 e. The number of aromatic nitrogens is 4. The SMILES string of the molecule is C=Cc1c(C)c2cc3nc(c(CC(=O)O)c4nc(cc5[nH]c(cc1[nH]2)c(C)c5CC)C(C)=C4C(=O)O)[C@@H](CCC(=O)NC(C)C(=O)O)[C@@H]3C. The van der Waals surface area contributed by atoms with E-state index in [-0.39, 0.29) is 35.6 Å². The van der Waals surface area contributed by atoms with E-state index < -0.39 is 42.2 Å². The van der Waals surface area contributed by atoms with Crippen molar-refractivity contribution in [2.75, 3.05) is 0 Å². The van der Waals surface area contributed by atoms with Crippen LogP contribution in [0.4, 0.5) is 0 Å². The molecule has 0 saturated heterocycles. The number of aryl methyl sites for hydroxylation is 3. The zero-order chi connectivity index (χ0) is 35.9. The van der Waals surface area contributed by atoms with E-state index in [0.29, 0.717) is 29.1 Å². The average Bonchev–Trinajstić information content (AvgIpc) is 3.71. The van der Waals surface area contributed by atoms with Crippen LogP contribution in [-0.2, 0) is 32.0 Å². The standard InChI is InChI=1S/C37H41N5O7/c1-8-21-16(3)25-13-27-18(5)23(10-11-31(43)38-20(7)36(46)47)34(41-27)24(12-32(44)45)35-33(37(48)49)19(6)28(42-35)15-30-22(9-2)17(4)26(40-30)14-29(21)39-25/h8,13-15,18,20,23,39-40H,1,9-12H2,2-7H3,(H,38,43)(H,44,45)(H,46,47)(H,48,49)/t18-,20?,23-/m0/s1. The molecule has 3 aromatic heterocycles. The van der Waals surface area contributed by atoms with E-state index in [0.717, 1.165) is 44.3 Å². The van der Waals surface area contributed by atoms with Crippen molar-refractivity contribution in [3.8, 4) is 0 Å². The summed E-state index contributed by atoms with van der Waals surface area (Å²) in [6, 6.07) is 4.63. The van der Waals surface area contributed by atoms with Crippen LogP contribution in [0.15, 0.2) is 24.8 Å². The molecule has 3 atom stereocenters. The molecule has 0 aliphatic carbocycles. The molecule has 6 N–H and O–H groups in total. The number of aromatic amines is 2. The third-order valence-electron chi connectivity index (χ3n) is 9.70. The summed E-state index contributed by atoms with van der Waals surface area (Å²) in [5, 5.41) is 32.3. The number of nitrogens with one attached hydrogen (secondary N) is 3. The molecular formula is C37H41N5O7. The van der Waals surface area contributed by atoms with E-state index in [9.17, 15) is 34.5 Å². The van der Waals surface area contributed by atoms with E-state index in [2.05, 4.69) is 21.9 Å². The van der Waals surface area contributed by atoms with Crippen LogP contribution < -0.4 is 5.32 Å². The normalized spacial score (nSPS) is 16.4. The Labute approximate surface area is 283 Å². The van der Waals surface area contributed by atoms with Gasteiger partial charge in [0, 0.05) is 57.1 Å². The Bertz CT molecular complexity index is 2120. The number of amides is 1. The lowest BCUT2D eigenvalue weighted by Gasteiger charge is -2.19. The Morgan fingerprint density at radius 3 is 2.24 bits per heavy atom. The Balaban J connectivity index is 1.91. The van der Waals surface area contributed by atoms with Gasteiger partial charge in [-0.25, -0.2) is 9.78 Å². The van der Waals surface area contributed by atoms with Crippen LogP contribution in [0.1, 0.15) is 103 Å². The Morgan fingerprint density at radius 1 is 0.959 bits per heavy atom. The van der Waals surface area contributed by atoms with Crippen molar-refractivity contribution in [2.45, 2.75) is 85.1 Å². The van der Waals surface area contributed by atoms with Gasteiger partial charge >= 0.3 is 17.9 Å². The number of hydrogen-bond acceptors (Lipinski definition) is 6. The van der Waals surface area contributed by atoms with Crippen LogP contribution in [-0.4, -0.2) is 65.1 Å². The van der Waals surface area contributed by atoms with Crippen molar-refractivity contribution in [3.63, 3.8) is 0 Å². The van der Waals surface area contributed by atoms with Crippen molar-refractivity contribution < 1.29 is 34.5 Å². The maximum atomic E-state index is 12.8. The van der Waals surface area contributed by atoms with Crippen molar-refractivity contribution in [1.82, 2.24) is 25.3 Å². The summed E-state index contributed by atoms with van der Waals surface area (Å²) in [4.78, 5) is 66.1. The number of hydrogen-bond donors (Lipinski definition) is 6. The van der Waals surface area contributed by atoms with Gasteiger partial charge in [-0.15, -0.1) is 0 Å². The number of H-pyrrole nitrogens is 2. The predicted octanol–water partition coefficient (Wildman–Crippen LogP) is 6.04. The predicted molar refractivity (Wildman–Crippen MR) is 187 cm³/mol. The first-order valence-corrected chi connectivity index (χ1v) is 16.2. The van der Waals surface area contributed by atoms with E-state index in [4.69, 9.17) is 9.97 Å². The van der Waals surface area contributed by atoms with Gasteiger partial charge in [-0.2, -0.15) is 0 Å². The monoisotopic (exact) mass is 667 g/mol. The highest BCUT2D eigenvalue weighted by molar-refractivity contribution is 6.24. The molecule has 0 aromatic carbocycles. The molecular weight excluding hydrogens is 626 g/mol. The van der Waals surface area contributed by atoms with E-state index in [1.165, 1.54) is 6.92 Å². The van der Waals surface area contributed by atoms with Gasteiger partial charge in [-0.1, -0.05) is 26.5 Å². The van der Waals surface area contributed by atoms with Crippen LogP contribution in [0.5, 0.6) is 0 Å². The lowest BCUT2D eigenvalue weighted by Crippen LogP contribution is -2.38. The fraction of sp³-hybridized carbons (Fsp3) is 0.351. The highest BCUT2D eigenvalue weighted by Crippen LogP contribution is 2.43. The van der Waals surface area contributed by atoms with E-state index in [1.54, 1.807) is 19.1 Å². The first kappa shape index (κ1) is 34.8. The second kappa shape index (κ2) is 13.5. The van der Waals surface area contributed by atoms with E-state index in [1.807, 2.05) is 39.8 Å². The van der Waals surface area contributed by atoms with Gasteiger partial charge in [0.25, 0.3) is 0 Å². The summed E-state index contributed by atoms with van der Waals surface area (Å²) in [7, 11) is 0. The van der Waals surface area contributed by atoms with Crippen molar-refractivity contribution >= 4 is 63.1 Å². The molecule has 5 heterocycles. The van der Waals surface area contributed by atoms with E-state index >= 15 is 0 Å². The summed E-state index contributed by atoms with van der Waals surface area (Å²) in [6.07, 6.45) is 2.07. The number of carboxylic acid groups (broad SMARTS) is 3. The summed E-state index contributed by atoms with van der Waals surface area (Å²) >= 11 is 0. The molecule has 8 bridgehead atoms. The summed E-state index contributed by atoms with van der Waals surface area (Å²) in [6.45, 7) is 15.0. The third kappa shape index (κ3) is 6.50. The number of carboxylic acids is 3. The number of allylic oxidation sites excluding steroid dienone is 1. The van der Waals surface area contributed by atoms with Gasteiger partial charge in [-0.05, 0) is 81.0 Å². The Kier molecular flexibility index (Phi) is 9.62. The van der Waals surface area contributed by atoms with Gasteiger partial charge in [0.2, 0.25) is 5.91 Å². The highest BCUT2D eigenvalue weighted by Gasteiger charge is 2.35. The van der Waals surface area contributed by atoms with Gasteiger partial charge in [0.1, 0.15) is 6.04 Å². The average molecular weight is 668 g/mol. The molecule has 0 spiro atoms. The number of nitrogens with zero attached hydrogens (tertiary/aromatic N) is 2. The fourth-order valence-electron chi connectivity index (χ4n) is 6.91. The lowest BCUT2D eigenvalue weighted by molar-refractivity contribution is -0.141. The minimum absolute atomic E-state index is 0.0206. The lowest BCUT2D eigenvalue weighted by atomic mass is 9.84. The maximum absolute atomic E-state index is 12.8. The van der Waals surface area contributed by atoms with Gasteiger partial charge in [-0.3, -0.25) is 19.4 Å². The molecule has 1 amide bonds. The zero-order valence-electron chi connectivity index (χ0n) is 28.4. The molecule has 2 aliphatic heterocycles. The number of carbonyl (C=O) groups is 4. The maximum Gasteiger partial charge on any atom is 0.338 e. The molecule has 1 unspecified atom stereocenters. The van der Waals surface area contributed by atoms with Gasteiger partial charge in [0.05, 0.1) is 29.1 Å². The van der Waals surface area contributed by atoms with Crippen molar-refractivity contribution in [3.05, 3.63) is 75.4 Å². The fourth-order valence-corrected chi connectivity index (χ4v) is 6.91. The van der Waals surface area contributed by atoms with Crippen LogP contribution in [0, 0.1) is 13.8 Å². The highest BCUT2D eigenvalue weighted by atomic mass is 16.4. The molecule has 12 heteroatoms. The van der Waals surface area contributed by atoms with Crippen LogP contribution in [0.2, 0.25) is 0 Å². The third-order valence-corrected chi connectivity index (χ3v) is 9.70. The topological polar surface area (TPSA) is 198 Å². The molecule has 3 aromatic rings. The minimum Gasteiger partial charge on any atom is -0.481 e. The van der Waals surface area contributed by atoms with Crippen molar-refractivity contribution in [2.24, 2.45) is 0 Å². The quantitative estimate of drug-likeness (QED) is 0.149. The molecule has 49 heavy (non-hydrogen) atoms. The summed E-state index contributed by atoms with van der Waals surface area (Å²) in [5.74, 6) is -4.92. The molecule has 12 nitrogen and oxygen atoms in total. The second-order valence-corrected chi connectivity index (χ2v) is 12.7. The Hall–Kier alpha value is -5.52. The summed E-state index contributed by atoms with van der Waals surface area (Å²) in [5.41, 5.74) is 8.92. The number of carbonyl (C=O) groups excluding carboxylic acids is 1. The molecule has 5 rings (SSSR count). The second-order valence-electron chi connectivity index (χ2n) is 12.7. The van der Waals surface area contributed by atoms with Crippen LogP contribution in [0.3, 0.4) is 0 Å². The first-order valence-electron chi connectivity index (χ1n) is 16.2. The molecule has 256 valence electrons. The zero-order valence-corrected chi connectivity index (χ0v) is 28.4. The molecule has 0 saturated carbocycles. The first-order chi connectivity index (χ1) is 23.2. The largest absolute Gasteiger partial charge is 0.481 e. The summed E-state index contributed by atoms with van der Waals surface area (Å²) < 4.78 is 0. The molecule has 2 aliphatic rings.